The van der Waals surface area contributed by atoms with Crippen molar-refractivity contribution in [2.24, 2.45) is 0 Å². The molecule has 0 saturated heterocycles. The molecule has 0 aliphatic heterocycles. The number of nitrogens with one attached hydrogen (secondary N) is 1. The molecular weight excluding hydrogens is 393 g/mol. The molecule has 0 bridgehead atoms. The Morgan fingerprint density at radius 2 is 1.96 bits per heavy atom. The van der Waals surface area contributed by atoms with Gasteiger partial charge in [-0.25, -0.2) is 18.9 Å². The van der Waals surface area contributed by atoms with Crippen molar-refractivity contribution in [2.45, 2.75) is 5.92 Å². The van der Waals surface area contributed by atoms with Gasteiger partial charge >= 0.3 is 5.92 Å². The van der Waals surface area contributed by atoms with Gasteiger partial charge in [-0.3, -0.25) is 4.98 Å². The van der Waals surface area contributed by atoms with Crippen LogP contribution in [-0.4, -0.2) is 31.2 Å². The van der Waals surface area contributed by atoms with E-state index >= 15 is 0 Å². The van der Waals surface area contributed by atoms with Gasteiger partial charge in [0.1, 0.15) is 16.9 Å². The van der Waals surface area contributed by atoms with Gasteiger partial charge in [0.25, 0.3) is 0 Å². The Labute approximate surface area is 162 Å². The largest absolute Gasteiger partial charge is 0.337 e. The number of aromatic nitrogens is 5. The number of fused-ring (bicyclic) bond motifs is 1. The minimum atomic E-state index is -3.68. The Hall–Kier alpha value is -3.20. The minimum absolute atomic E-state index is 0.0881. The summed E-state index contributed by atoms with van der Waals surface area (Å²) < 4.78 is 41.5. The number of anilines is 2. The summed E-state index contributed by atoms with van der Waals surface area (Å²) in [4.78, 5) is 12.2. The summed E-state index contributed by atoms with van der Waals surface area (Å²) in [6, 6.07) is 9.11. The first-order valence-corrected chi connectivity index (χ1v) is 8.49. The maximum Gasteiger partial charge on any atom is 0.317 e. The zero-order chi connectivity index (χ0) is 19.7. The van der Waals surface area contributed by atoms with Crippen LogP contribution in [0.15, 0.2) is 55.0 Å². The van der Waals surface area contributed by atoms with E-state index in [4.69, 9.17) is 11.6 Å². The van der Waals surface area contributed by atoms with Crippen molar-refractivity contribution in [3.05, 3.63) is 65.7 Å². The van der Waals surface area contributed by atoms with Gasteiger partial charge in [-0.15, -0.1) is 5.10 Å². The van der Waals surface area contributed by atoms with Crippen molar-refractivity contribution in [1.29, 1.82) is 0 Å². The predicted octanol–water partition coefficient (Wildman–Crippen LogP) is 4.64. The molecule has 0 spiro atoms. The number of halogens is 4. The van der Waals surface area contributed by atoms with Crippen molar-refractivity contribution in [3.8, 4) is 11.5 Å². The van der Waals surface area contributed by atoms with Crippen molar-refractivity contribution >= 4 is 28.6 Å². The van der Waals surface area contributed by atoms with Gasteiger partial charge in [-0.2, -0.15) is 8.78 Å². The van der Waals surface area contributed by atoms with Crippen LogP contribution in [0, 0.1) is 0 Å². The maximum atomic E-state index is 13.7. The summed E-state index contributed by atoms with van der Waals surface area (Å²) in [6.45, 7) is -1.84. The Morgan fingerprint density at radius 1 is 1.11 bits per heavy atom. The first-order chi connectivity index (χ1) is 13.5. The lowest BCUT2D eigenvalue weighted by molar-refractivity contribution is -0.0320. The summed E-state index contributed by atoms with van der Waals surface area (Å²) in [5.74, 6) is -3.19. The maximum absolute atomic E-state index is 13.7. The van der Waals surface area contributed by atoms with Crippen LogP contribution in [-0.2, 0) is 5.92 Å². The Balaban J connectivity index is 1.81. The third kappa shape index (κ3) is 3.36. The highest BCUT2D eigenvalue weighted by Crippen LogP contribution is 2.30. The molecule has 4 rings (SSSR count). The molecule has 10 heteroatoms. The molecule has 6 nitrogen and oxygen atoms in total. The van der Waals surface area contributed by atoms with Crippen molar-refractivity contribution in [3.63, 3.8) is 0 Å². The fourth-order valence-electron chi connectivity index (χ4n) is 2.57. The normalized spacial score (nSPS) is 11.7. The fraction of sp³-hybridized carbons (Fsp3) is 0.111. The van der Waals surface area contributed by atoms with E-state index in [1.165, 1.54) is 22.8 Å². The van der Waals surface area contributed by atoms with Crippen LogP contribution >= 0.6 is 11.6 Å². The van der Waals surface area contributed by atoms with Crippen molar-refractivity contribution < 1.29 is 13.2 Å². The van der Waals surface area contributed by atoms with Gasteiger partial charge in [-0.1, -0.05) is 17.7 Å². The second-order valence-corrected chi connectivity index (χ2v) is 6.26. The van der Waals surface area contributed by atoms with Crippen LogP contribution in [0.2, 0.25) is 5.02 Å². The lowest BCUT2D eigenvalue weighted by Gasteiger charge is -2.13. The van der Waals surface area contributed by atoms with Crippen LogP contribution < -0.4 is 5.32 Å². The Bertz CT molecular complexity index is 1150. The highest BCUT2D eigenvalue weighted by atomic mass is 35.5. The second kappa shape index (κ2) is 7.08. The topological polar surface area (TPSA) is 68.0 Å². The van der Waals surface area contributed by atoms with Crippen molar-refractivity contribution in [2.75, 3.05) is 12.0 Å². The molecule has 4 aromatic rings. The van der Waals surface area contributed by atoms with Gasteiger partial charge in [0.15, 0.2) is 12.5 Å². The van der Waals surface area contributed by atoms with E-state index < -0.39 is 18.3 Å². The first-order valence-electron chi connectivity index (χ1n) is 8.11. The van der Waals surface area contributed by atoms with E-state index in [1.807, 2.05) is 0 Å². The summed E-state index contributed by atoms with van der Waals surface area (Å²) in [5.41, 5.74) is 0.609. The molecular formula is C18H12ClF3N6. The zero-order valence-corrected chi connectivity index (χ0v) is 14.9. The smallest absolute Gasteiger partial charge is 0.317 e. The van der Waals surface area contributed by atoms with E-state index in [0.29, 0.717) is 22.0 Å². The van der Waals surface area contributed by atoms with E-state index in [0.717, 1.165) is 6.07 Å². The lowest BCUT2D eigenvalue weighted by atomic mass is 10.2. The molecule has 0 aromatic carbocycles. The summed E-state index contributed by atoms with van der Waals surface area (Å²) >= 11 is 6.14. The quantitative estimate of drug-likeness (QED) is 0.524. The molecule has 28 heavy (non-hydrogen) atoms. The van der Waals surface area contributed by atoms with E-state index in [9.17, 15) is 13.2 Å². The van der Waals surface area contributed by atoms with E-state index in [-0.39, 0.29) is 11.5 Å². The molecule has 0 amide bonds. The van der Waals surface area contributed by atoms with Crippen LogP contribution in [0.3, 0.4) is 0 Å². The molecule has 0 fully saturated rings. The second-order valence-electron chi connectivity index (χ2n) is 5.85. The molecule has 0 radical (unpaired) electrons. The Kier molecular flexibility index (Phi) is 4.60. The molecule has 0 aliphatic rings. The number of nitrogens with zero attached hydrogens (tertiary/aromatic N) is 5. The number of pyridine rings is 2. The van der Waals surface area contributed by atoms with Crippen molar-refractivity contribution in [1.82, 2.24) is 24.6 Å². The molecule has 142 valence electrons. The van der Waals surface area contributed by atoms with Crippen LogP contribution in [0.5, 0.6) is 0 Å². The first kappa shape index (κ1) is 18.2. The number of hydrogen-bond donors (Lipinski definition) is 1. The predicted molar refractivity (Wildman–Crippen MR) is 98.6 cm³/mol. The van der Waals surface area contributed by atoms with Crippen LogP contribution in [0.25, 0.3) is 17.0 Å². The summed E-state index contributed by atoms with van der Waals surface area (Å²) in [7, 11) is 0. The molecule has 0 aliphatic carbocycles. The van der Waals surface area contributed by atoms with Crippen LogP contribution in [0.4, 0.5) is 24.7 Å². The van der Waals surface area contributed by atoms with E-state index in [2.05, 4.69) is 25.4 Å². The third-order valence-electron chi connectivity index (χ3n) is 3.94. The Morgan fingerprint density at radius 3 is 2.75 bits per heavy atom. The minimum Gasteiger partial charge on any atom is -0.337 e. The molecule has 4 aromatic heterocycles. The molecule has 4 heterocycles. The van der Waals surface area contributed by atoms with Gasteiger partial charge < -0.3 is 5.32 Å². The molecule has 1 N–H and O–H groups in total. The lowest BCUT2D eigenvalue weighted by Crippen LogP contribution is -2.18. The summed E-state index contributed by atoms with van der Waals surface area (Å²) in [6.07, 6.45) is 4.72. The SMILES string of the molecule is FCC(F)(F)c1cccc(-c2nc(Nc3ccncc3Cl)c3cccn3n2)n1. The number of hydrogen-bond acceptors (Lipinski definition) is 5. The fourth-order valence-corrected chi connectivity index (χ4v) is 2.74. The number of alkyl halides is 3. The molecule has 0 unspecified atom stereocenters. The molecule has 0 saturated carbocycles. The monoisotopic (exact) mass is 404 g/mol. The van der Waals surface area contributed by atoms with Crippen LogP contribution in [0.1, 0.15) is 5.69 Å². The van der Waals surface area contributed by atoms with Gasteiger partial charge in [0, 0.05) is 18.6 Å². The van der Waals surface area contributed by atoms with Gasteiger partial charge in [0.05, 0.1) is 10.7 Å². The average molecular weight is 405 g/mol. The molecule has 0 atom stereocenters. The highest BCUT2D eigenvalue weighted by Gasteiger charge is 2.33. The highest BCUT2D eigenvalue weighted by molar-refractivity contribution is 6.33. The standard InChI is InChI=1S/C18H12ClF3N6/c19-11-9-23-7-6-12(11)25-17-14-4-2-8-28(14)27-16(26-17)13-3-1-5-15(24-13)18(21,22)10-20/h1-9H,10H2,(H,23,25,26,27). The average Bonchev–Trinajstić information content (AvgIpc) is 3.19. The van der Waals surface area contributed by atoms with Gasteiger partial charge in [0.2, 0.25) is 5.82 Å². The zero-order valence-electron chi connectivity index (χ0n) is 14.2. The summed E-state index contributed by atoms with van der Waals surface area (Å²) in [5, 5.41) is 7.77. The van der Waals surface area contributed by atoms with Gasteiger partial charge in [-0.05, 0) is 30.3 Å². The van der Waals surface area contributed by atoms with E-state index in [1.54, 1.807) is 30.6 Å². The third-order valence-corrected chi connectivity index (χ3v) is 4.24. The number of rotatable bonds is 5.